The van der Waals surface area contributed by atoms with Crippen molar-refractivity contribution in [2.75, 3.05) is 19.0 Å². The largest absolute Gasteiger partial charge is 0.479 e. The number of carboxylic acid groups (broad SMARTS) is 1. The number of aliphatic carboxylic acids is 1. The number of carboxylic acids is 1. The molecule has 2 N–H and O–H groups in total. The zero-order valence-corrected chi connectivity index (χ0v) is 9.36. The third-order valence-corrected chi connectivity index (χ3v) is 2.07. The summed E-state index contributed by atoms with van der Waals surface area (Å²) in [6.07, 6.45) is -5.69. The fraction of sp³-hybridized carbons (Fsp3) is 0.400. The fourth-order valence-corrected chi connectivity index (χ4v) is 1.16. The Kier molecular flexibility index (Phi) is 4.49. The van der Waals surface area contributed by atoms with Gasteiger partial charge in [0, 0.05) is 7.11 Å². The van der Waals surface area contributed by atoms with Crippen molar-refractivity contribution in [2.24, 2.45) is 0 Å². The Labute approximate surface area is 101 Å². The number of pyridine rings is 1. The SMILES string of the molecule is COC(CNc1cccc(C(F)(F)F)n1)C(=O)O. The molecule has 0 aromatic carbocycles. The summed E-state index contributed by atoms with van der Waals surface area (Å²) >= 11 is 0. The van der Waals surface area contributed by atoms with Crippen LogP contribution in [0, 0.1) is 0 Å². The molecule has 1 atom stereocenters. The molecule has 1 aromatic heterocycles. The zero-order chi connectivity index (χ0) is 13.8. The van der Waals surface area contributed by atoms with Gasteiger partial charge >= 0.3 is 12.1 Å². The lowest BCUT2D eigenvalue weighted by atomic mass is 10.3. The maximum Gasteiger partial charge on any atom is 0.433 e. The molecule has 0 fully saturated rings. The molecular formula is C10H11F3N2O3. The summed E-state index contributed by atoms with van der Waals surface area (Å²) in [5, 5.41) is 11.1. The Balaban J connectivity index is 2.71. The number of rotatable bonds is 5. The monoisotopic (exact) mass is 264 g/mol. The van der Waals surface area contributed by atoms with Gasteiger partial charge in [-0.1, -0.05) is 6.07 Å². The predicted molar refractivity (Wildman–Crippen MR) is 56.2 cm³/mol. The van der Waals surface area contributed by atoms with Crippen molar-refractivity contribution in [1.29, 1.82) is 0 Å². The highest BCUT2D eigenvalue weighted by Gasteiger charge is 2.32. The fourth-order valence-electron chi connectivity index (χ4n) is 1.16. The lowest BCUT2D eigenvalue weighted by Gasteiger charge is -2.13. The number of carbonyl (C=O) groups is 1. The molecule has 5 nitrogen and oxygen atoms in total. The number of methoxy groups -OCH3 is 1. The molecule has 1 aromatic rings. The molecule has 0 saturated heterocycles. The summed E-state index contributed by atoms with van der Waals surface area (Å²) in [7, 11) is 1.19. The highest BCUT2D eigenvalue weighted by molar-refractivity contribution is 5.73. The molecule has 1 heterocycles. The van der Waals surface area contributed by atoms with Crippen molar-refractivity contribution in [3.05, 3.63) is 23.9 Å². The second-order valence-corrected chi connectivity index (χ2v) is 3.35. The molecule has 0 spiro atoms. The van der Waals surface area contributed by atoms with Gasteiger partial charge in [0.15, 0.2) is 6.10 Å². The summed E-state index contributed by atoms with van der Waals surface area (Å²) < 4.78 is 41.7. The van der Waals surface area contributed by atoms with E-state index < -0.39 is 23.9 Å². The second kappa shape index (κ2) is 5.67. The van der Waals surface area contributed by atoms with Crippen molar-refractivity contribution in [3.8, 4) is 0 Å². The molecule has 0 aliphatic heterocycles. The Morgan fingerprint density at radius 1 is 1.56 bits per heavy atom. The number of hydrogen-bond donors (Lipinski definition) is 2. The molecule has 8 heteroatoms. The number of alkyl halides is 3. The molecule has 0 amide bonds. The van der Waals surface area contributed by atoms with Gasteiger partial charge < -0.3 is 15.2 Å². The van der Waals surface area contributed by atoms with Crippen LogP contribution >= 0.6 is 0 Å². The number of aromatic nitrogens is 1. The molecule has 1 rings (SSSR count). The Bertz CT molecular complexity index is 423. The normalized spacial score (nSPS) is 13.1. The van der Waals surface area contributed by atoms with E-state index in [9.17, 15) is 18.0 Å². The zero-order valence-electron chi connectivity index (χ0n) is 9.36. The van der Waals surface area contributed by atoms with Crippen molar-refractivity contribution in [2.45, 2.75) is 12.3 Å². The minimum Gasteiger partial charge on any atom is -0.479 e. The molecule has 0 saturated carbocycles. The number of anilines is 1. The van der Waals surface area contributed by atoms with E-state index in [1.165, 1.54) is 19.2 Å². The molecular weight excluding hydrogens is 253 g/mol. The Morgan fingerprint density at radius 3 is 2.72 bits per heavy atom. The molecule has 0 aliphatic carbocycles. The van der Waals surface area contributed by atoms with Gasteiger partial charge in [-0.25, -0.2) is 9.78 Å². The van der Waals surface area contributed by atoms with Gasteiger partial charge in [-0.3, -0.25) is 0 Å². The van der Waals surface area contributed by atoms with Gasteiger partial charge in [0.05, 0.1) is 6.54 Å². The molecule has 0 aliphatic rings. The van der Waals surface area contributed by atoms with E-state index in [0.29, 0.717) is 0 Å². The number of hydrogen-bond acceptors (Lipinski definition) is 4. The van der Waals surface area contributed by atoms with Crippen LogP contribution in [-0.4, -0.2) is 35.8 Å². The number of halogens is 3. The smallest absolute Gasteiger partial charge is 0.433 e. The van der Waals surface area contributed by atoms with E-state index in [-0.39, 0.29) is 12.4 Å². The first-order valence-corrected chi connectivity index (χ1v) is 4.88. The van der Waals surface area contributed by atoms with Crippen LogP contribution in [0.5, 0.6) is 0 Å². The average Bonchev–Trinajstić information content (AvgIpc) is 2.28. The third-order valence-electron chi connectivity index (χ3n) is 2.07. The van der Waals surface area contributed by atoms with Gasteiger partial charge in [0.1, 0.15) is 11.5 Å². The highest BCUT2D eigenvalue weighted by Crippen LogP contribution is 2.28. The van der Waals surface area contributed by atoms with Crippen molar-refractivity contribution in [3.63, 3.8) is 0 Å². The Morgan fingerprint density at radius 2 is 2.22 bits per heavy atom. The van der Waals surface area contributed by atoms with Crippen LogP contribution in [0.15, 0.2) is 18.2 Å². The summed E-state index contributed by atoms with van der Waals surface area (Å²) in [6.45, 7) is -0.180. The standard InChI is InChI=1S/C10H11F3N2O3/c1-18-6(9(16)17)5-14-8-4-2-3-7(15-8)10(11,12)13/h2-4,6H,5H2,1H3,(H,14,15)(H,16,17). The first-order valence-electron chi connectivity index (χ1n) is 4.88. The van der Waals surface area contributed by atoms with Crippen LogP contribution in [0.4, 0.5) is 19.0 Å². The molecule has 18 heavy (non-hydrogen) atoms. The highest BCUT2D eigenvalue weighted by atomic mass is 19.4. The van der Waals surface area contributed by atoms with E-state index in [4.69, 9.17) is 5.11 Å². The second-order valence-electron chi connectivity index (χ2n) is 3.35. The quantitative estimate of drug-likeness (QED) is 0.845. The van der Waals surface area contributed by atoms with Crippen molar-refractivity contribution >= 4 is 11.8 Å². The number of nitrogens with zero attached hydrogens (tertiary/aromatic N) is 1. The minimum atomic E-state index is -4.54. The van der Waals surface area contributed by atoms with Gasteiger partial charge in [-0.15, -0.1) is 0 Å². The number of ether oxygens (including phenoxy) is 1. The first kappa shape index (κ1) is 14.2. The molecule has 0 radical (unpaired) electrons. The first-order chi connectivity index (χ1) is 8.34. The van der Waals surface area contributed by atoms with Crippen LogP contribution in [0.3, 0.4) is 0 Å². The van der Waals surface area contributed by atoms with Crippen molar-refractivity contribution in [1.82, 2.24) is 4.98 Å². The summed E-state index contributed by atoms with van der Waals surface area (Å²) in [5.74, 6) is -1.27. The summed E-state index contributed by atoms with van der Waals surface area (Å²) in [6, 6.07) is 3.32. The molecule has 0 bridgehead atoms. The van der Waals surface area contributed by atoms with E-state index in [2.05, 4.69) is 15.0 Å². The van der Waals surface area contributed by atoms with Crippen LogP contribution < -0.4 is 5.32 Å². The number of nitrogens with one attached hydrogen (secondary N) is 1. The van der Waals surface area contributed by atoms with Crippen LogP contribution in [0.2, 0.25) is 0 Å². The van der Waals surface area contributed by atoms with Gasteiger partial charge in [0.25, 0.3) is 0 Å². The summed E-state index contributed by atoms with van der Waals surface area (Å²) in [5.41, 5.74) is -1.04. The van der Waals surface area contributed by atoms with E-state index in [1.807, 2.05) is 0 Å². The van der Waals surface area contributed by atoms with Crippen LogP contribution in [-0.2, 0) is 15.7 Å². The third kappa shape index (κ3) is 3.88. The molecule has 1 unspecified atom stereocenters. The van der Waals surface area contributed by atoms with Gasteiger partial charge in [0.2, 0.25) is 0 Å². The topological polar surface area (TPSA) is 71.5 Å². The maximum atomic E-state index is 12.4. The Hall–Kier alpha value is -1.83. The van der Waals surface area contributed by atoms with E-state index in [1.54, 1.807) is 0 Å². The van der Waals surface area contributed by atoms with Crippen molar-refractivity contribution < 1.29 is 27.8 Å². The van der Waals surface area contributed by atoms with Gasteiger partial charge in [-0.05, 0) is 12.1 Å². The van der Waals surface area contributed by atoms with Crippen LogP contribution in [0.25, 0.3) is 0 Å². The lowest BCUT2D eigenvalue weighted by molar-refractivity contribution is -0.147. The average molecular weight is 264 g/mol. The summed E-state index contributed by atoms with van der Waals surface area (Å²) in [4.78, 5) is 13.9. The lowest BCUT2D eigenvalue weighted by Crippen LogP contribution is -2.30. The maximum absolute atomic E-state index is 12.4. The molecule has 100 valence electrons. The van der Waals surface area contributed by atoms with Crippen LogP contribution in [0.1, 0.15) is 5.69 Å². The van der Waals surface area contributed by atoms with Gasteiger partial charge in [-0.2, -0.15) is 13.2 Å². The van der Waals surface area contributed by atoms with E-state index >= 15 is 0 Å². The minimum absolute atomic E-state index is 0.0619. The van der Waals surface area contributed by atoms with E-state index in [0.717, 1.165) is 6.07 Å². The predicted octanol–water partition coefficient (Wildman–Crippen LogP) is 1.61.